The second kappa shape index (κ2) is 5.62. The summed E-state index contributed by atoms with van der Waals surface area (Å²) in [6.45, 7) is 1.87. The van der Waals surface area contributed by atoms with Crippen molar-refractivity contribution in [3.63, 3.8) is 0 Å². The number of nitrogens with one attached hydrogen (secondary N) is 1. The summed E-state index contributed by atoms with van der Waals surface area (Å²) in [5, 5.41) is 14.2. The lowest BCUT2D eigenvalue weighted by molar-refractivity contribution is -0.111. The number of thiazole rings is 1. The Balaban J connectivity index is 2.03. The zero-order valence-electron chi connectivity index (χ0n) is 10.1. The zero-order chi connectivity index (χ0) is 13.8. The van der Waals surface area contributed by atoms with Gasteiger partial charge >= 0.3 is 0 Å². The van der Waals surface area contributed by atoms with E-state index in [0.717, 1.165) is 11.1 Å². The summed E-state index contributed by atoms with van der Waals surface area (Å²) in [6, 6.07) is 3.53. The molecule has 4 nitrogen and oxygen atoms in total. The number of nitrogens with zero attached hydrogens (tertiary/aromatic N) is 1. The summed E-state index contributed by atoms with van der Waals surface area (Å²) in [7, 11) is 0. The Morgan fingerprint density at radius 3 is 2.95 bits per heavy atom. The van der Waals surface area contributed by atoms with Crippen LogP contribution in [0.25, 0.3) is 6.08 Å². The van der Waals surface area contributed by atoms with Crippen LogP contribution in [0.15, 0.2) is 29.7 Å². The molecule has 0 spiro atoms. The molecule has 2 aromatic rings. The molecule has 0 unspecified atom stereocenters. The van der Waals surface area contributed by atoms with Gasteiger partial charge in [-0.25, -0.2) is 9.37 Å². The second-order valence-corrected chi connectivity index (χ2v) is 4.84. The lowest BCUT2D eigenvalue weighted by Crippen LogP contribution is -2.09. The van der Waals surface area contributed by atoms with Crippen LogP contribution in [-0.4, -0.2) is 16.0 Å². The number of halogens is 1. The Kier molecular flexibility index (Phi) is 3.91. The monoisotopic (exact) mass is 278 g/mol. The number of aromatic nitrogens is 1. The van der Waals surface area contributed by atoms with Crippen LogP contribution in [-0.2, 0) is 4.79 Å². The molecule has 0 saturated carbocycles. The maximum Gasteiger partial charge on any atom is 0.248 e. The fourth-order valence-corrected chi connectivity index (χ4v) is 1.98. The van der Waals surface area contributed by atoms with Crippen LogP contribution in [0.3, 0.4) is 0 Å². The topological polar surface area (TPSA) is 62.2 Å². The van der Waals surface area contributed by atoms with Gasteiger partial charge in [0.15, 0.2) is 0 Å². The minimum atomic E-state index is -0.689. The largest absolute Gasteiger partial charge is 0.508 e. The van der Waals surface area contributed by atoms with E-state index in [1.54, 1.807) is 6.08 Å². The number of anilines is 1. The molecule has 1 amide bonds. The molecule has 2 N–H and O–H groups in total. The molecule has 98 valence electrons. The van der Waals surface area contributed by atoms with Gasteiger partial charge in [0.2, 0.25) is 5.91 Å². The van der Waals surface area contributed by atoms with Crippen molar-refractivity contribution >= 4 is 29.0 Å². The highest BCUT2D eigenvalue weighted by Gasteiger charge is 2.05. The van der Waals surface area contributed by atoms with Gasteiger partial charge < -0.3 is 10.4 Å². The molecular weight excluding hydrogens is 267 g/mol. The number of carbonyl (C=O) groups excluding carboxylic acids is 1. The summed E-state index contributed by atoms with van der Waals surface area (Å²) >= 11 is 1.48. The molecule has 1 aromatic heterocycles. The standard InChI is InChI=1S/C13H11FN2O2S/c1-8-15-9(7-19-8)2-5-13(18)16-12-4-3-10(17)6-11(12)14/h2-7,17H,1H3,(H,16,18). The van der Waals surface area contributed by atoms with Crippen LogP contribution in [0.5, 0.6) is 5.75 Å². The molecule has 0 fully saturated rings. The first kappa shape index (κ1) is 13.2. The zero-order valence-corrected chi connectivity index (χ0v) is 10.9. The molecule has 0 aliphatic rings. The van der Waals surface area contributed by atoms with Gasteiger partial charge in [0.25, 0.3) is 0 Å². The van der Waals surface area contributed by atoms with Crippen molar-refractivity contribution in [2.75, 3.05) is 5.32 Å². The number of rotatable bonds is 3. The van der Waals surface area contributed by atoms with E-state index in [0.29, 0.717) is 5.69 Å². The Morgan fingerprint density at radius 2 is 2.32 bits per heavy atom. The summed E-state index contributed by atoms with van der Waals surface area (Å²) in [4.78, 5) is 15.7. The second-order valence-electron chi connectivity index (χ2n) is 3.78. The van der Waals surface area contributed by atoms with Gasteiger partial charge in [-0.05, 0) is 25.1 Å². The molecule has 0 atom stereocenters. The molecule has 1 aromatic carbocycles. The van der Waals surface area contributed by atoms with Gasteiger partial charge in [-0.2, -0.15) is 0 Å². The molecule has 0 bridgehead atoms. The predicted molar refractivity (Wildman–Crippen MR) is 72.6 cm³/mol. The van der Waals surface area contributed by atoms with Crippen LogP contribution in [0.4, 0.5) is 10.1 Å². The van der Waals surface area contributed by atoms with Gasteiger partial charge in [-0.15, -0.1) is 11.3 Å². The molecular formula is C13H11FN2O2S. The maximum atomic E-state index is 13.4. The van der Waals surface area contributed by atoms with Crippen LogP contribution in [0.2, 0.25) is 0 Å². The van der Waals surface area contributed by atoms with Crippen molar-refractivity contribution < 1.29 is 14.3 Å². The minimum Gasteiger partial charge on any atom is -0.508 e. The lowest BCUT2D eigenvalue weighted by Gasteiger charge is -2.03. The first-order chi connectivity index (χ1) is 9.04. The molecule has 1 heterocycles. The third-order valence-electron chi connectivity index (χ3n) is 2.25. The van der Waals surface area contributed by atoms with E-state index >= 15 is 0 Å². The SMILES string of the molecule is Cc1nc(C=CC(=O)Nc2ccc(O)cc2F)cs1. The molecule has 2 rings (SSSR count). The smallest absolute Gasteiger partial charge is 0.248 e. The van der Waals surface area contributed by atoms with E-state index in [1.807, 2.05) is 12.3 Å². The van der Waals surface area contributed by atoms with Crippen LogP contribution in [0.1, 0.15) is 10.7 Å². The maximum absolute atomic E-state index is 13.4. The molecule has 19 heavy (non-hydrogen) atoms. The molecule has 0 aliphatic heterocycles. The number of carbonyl (C=O) groups is 1. The van der Waals surface area contributed by atoms with E-state index < -0.39 is 11.7 Å². The van der Waals surface area contributed by atoms with Gasteiger partial charge in [-0.3, -0.25) is 4.79 Å². The molecule has 6 heteroatoms. The number of amides is 1. The van der Waals surface area contributed by atoms with E-state index in [4.69, 9.17) is 5.11 Å². The summed E-state index contributed by atoms with van der Waals surface area (Å²) in [5.41, 5.74) is 0.700. The quantitative estimate of drug-likeness (QED) is 0.670. The average Bonchev–Trinajstić information content (AvgIpc) is 2.76. The third kappa shape index (κ3) is 3.62. The normalized spacial score (nSPS) is 10.8. The summed E-state index contributed by atoms with van der Waals surface area (Å²) in [5.74, 6) is -1.34. The highest BCUT2D eigenvalue weighted by molar-refractivity contribution is 7.09. The predicted octanol–water partition coefficient (Wildman–Crippen LogP) is 2.95. The van der Waals surface area contributed by atoms with E-state index in [-0.39, 0.29) is 11.4 Å². The third-order valence-corrected chi connectivity index (χ3v) is 3.04. The average molecular weight is 278 g/mol. The first-order valence-corrected chi connectivity index (χ1v) is 6.32. The number of hydrogen-bond donors (Lipinski definition) is 2. The Morgan fingerprint density at radius 1 is 1.53 bits per heavy atom. The van der Waals surface area contributed by atoms with Crippen LogP contribution in [0, 0.1) is 12.7 Å². The fourth-order valence-electron chi connectivity index (χ4n) is 1.40. The fraction of sp³-hybridized carbons (Fsp3) is 0.0769. The Bertz CT molecular complexity index is 637. The molecule has 0 saturated heterocycles. The van der Waals surface area contributed by atoms with Crippen molar-refractivity contribution in [3.05, 3.63) is 46.2 Å². The van der Waals surface area contributed by atoms with Crippen molar-refractivity contribution in [3.8, 4) is 5.75 Å². The Hall–Kier alpha value is -2.21. The number of phenols is 1. The number of phenolic OH excluding ortho intramolecular Hbond substituents is 1. The highest BCUT2D eigenvalue weighted by Crippen LogP contribution is 2.19. The van der Waals surface area contributed by atoms with Crippen molar-refractivity contribution in [2.45, 2.75) is 6.92 Å². The summed E-state index contributed by atoms with van der Waals surface area (Å²) in [6.07, 6.45) is 2.83. The van der Waals surface area contributed by atoms with Crippen LogP contribution >= 0.6 is 11.3 Å². The minimum absolute atomic E-state index is 0.0157. The van der Waals surface area contributed by atoms with Gasteiger partial charge in [-0.1, -0.05) is 0 Å². The van der Waals surface area contributed by atoms with Crippen molar-refractivity contribution in [2.24, 2.45) is 0 Å². The van der Waals surface area contributed by atoms with Crippen molar-refractivity contribution in [1.82, 2.24) is 4.98 Å². The lowest BCUT2D eigenvalue weighted by atomic mass is 10.3. The number of aryl methyl sites for hydroxylation is 1. The van der Waals surface area contributed by atoms with Gasteiger partial charge in [0.1, 0.15) is 11.6 Å². The van der Waals surface area contributed by atoms with Gasteiger partial charge in [0.05, 0.1) is 16.4 Å². The number of hydrogen-bond acceptors (Lipinski definition) is 4. The van der Waals surface area contributed by atoms with Gasteiger partial charge in [0, 0.05) is 17.5 Å². The van der Waals surface area contributed by atoms with E-state index in [2.05, 4.69) is 10.3 Å². The molecule has 0 aliphatic carbocycles. The van der Waals surface area contributed by atoms with Crippen molar-refractivity contribution in [1.29, 1.82) is 0 Å². The Labute approximate surface area is 113 Å². The molecule has 0 radical (unpaired) electrons. The van der Waals surface area contributed by atoms with E-state index in [9.17, 15) is 9.18 Å². The first-order valence-electron chi connectivity index (χ1n) is 5.44. The number of benzene rings is 1. The highest BCUT2D eigenvalue weighted by atomic mass is 32.1. The van der Waals surface area contributed by atoms with E-state index in [1.165, 1.54) is 29.5 Å². The summed E-state index contributed by atoms with van der Waals surface area (Å²) < 4.78 is 13.4. The number of aromatic hydroxyl groups is 1. The van der Waals surface area contributed by atoms with Crippen LogP contribution < -0.4 is 5.32 Å².